The van der Waals surface area contributed by atoms with Crippen LogP contribution in [0.15, 0.2) is 30.3 Å². The number of aryl methyl sites for hydroxylation is 1. The molecule has 0 radical (unpaired) electrons. The molecule has 0 saturated heterocycles. The van der Waals surface area contributed by atoms with Gasteiger partial charge in [0.05, 0.1) is 6.04 Å². The van der Waals surface area contributed by atoms with E-state index in [1.54, 1.807) is 12.1 Å². The van der Waals surface area contributed by atoms with Gasteiger partial charge in [0.15, 0.2) is 6.61 Å². The number of nitrogens with one attached hydrogen (secondary N) is 1. The van der Waals surface area contributed by atoms with E-state index in [0.717, 1.165) is 18.4 Å². The van der Waals surface area contributed by atoms with Crippen molar-refractivity contribution >= 4 is 34.8 Å². The van der Waals surface area contributed by atoms with Crippen LogP contribution < -0.4 is 5.32 Å². The molecular weight excluding hydrogens is 382 g/mol. The summed E-state index contributed by atoms with van der Waals surface area (Å²) >= 11 is 7.48. The van der Waals surface area contributed by atoms with Gasteiger partial charge in [0.2, 0.25) is 0 Å². The number of hydrogen-bond donors (Lipinski definition) is 1. The van der Waals surface area contributed by atoms with Crippen molar-refractivity contribution in [3.05, 3.63) is 56.2 Å². The molecule has 1 heterocycles. The molecule has 2 aromatic rings. The second-order valence-corrected chi connectivity index (χ2v) is 8.57. The quantitative estimate of drug-likeness (QED) is 0.691. The molecule has 0 fully saturated rings. The van der Waals surface area contributed by atoms with Crippen molar-refractivity contribution < 1.29 is 14.3 Å². The molecule has 3 rings (SSSR count). The highest BCUT2D eigenvalue weighted by molar-refractivity contribution is 7.14. The SMILES string of the molecule is CC[C@H]1CCc2sc(C(=O)OCC(=O)N[C@@H](C)c3cccc(Cl)c3)cc2C1. The summed E-state index contributed by atoms with van der Waals surface area (Å²) < 4.78 is 5.21. The molecule has 1 aromatic carbocycles. The van der Waals surface area contributed by atoms with Crippen molar-refractivity contribution in [2.45, 2.75) is 45.6 Å². The van der Waals surface area contributed by atoms with E-state index in [1.807, 2.05) is 25.1 Å². The molecule has 0 bridgehead atoms. The van der Waals surface area contributed by atoms with E-state index in [1.165, 1.54) is 34.6 Å². The highest BCUT2D eigenvalue weighted by Gasteiger charge is 2.23. The minimum absolute atomic E-state index is 0.213. The first-order valence-electron chi connectivity index (χ1n) is 9.29. The first-order valence-corrected chi connectivity index (χ1v) is 10.5. The minimum atomic E-state index is -0.423. The molecule has 0 aliphatic heterocycles. The molecule has 6 heteroatoms. The number of carbonyl (C=O) groups is 2. The summed E-state index contributed by atoms with van der Waals surface area (Å²) in [5, 5.41) is 3.44. The molecule has 1 amide bonds. The van der Waals surface area contributed by atoms with Crippen LogP contribution in [0.5, 0.6) is 0 Å². The van der Waals surface area contributed by atoms with Crippen LogP contribution >= 0.6 is 22.9 Å². The van der Waals surface area contributed by atoms with Crippen LogP contribution in [0.2, 0.25) is 5.02 Å². The van der Waals surface area contributed by atoms with Gasteiger partial charge in [-0.1, -0.05) is 37.1 Å². The molecule has 1 aliphatic rings. The van der Waals surface area contributed by atoms with Crippen molar-refractivity contribution in [1.82, 2.24) is 5.32 Å². The maximum Gasteiger partial charge on any atom is 0.348 e. The first-order chi connectivity index (χ1) is 13.0. The fraction of sp³-hybridized carbons (Fsp3) is 0.429. The molecule has 1 aromatic heterocycles. The summed E-state index contributed by atoms with van der Waals surface area (Å²) in [7, 11) is 0. The number of benzene rings is 1. The predicted octanol–water partition coefficient (Wildman–Crippen LogP) is 4.95. The van der Waals surface area contributed by atoms with Crippen molar-refractivity contribution in [2.24, 2.45) is 5.92 Å². The average molecular weight is 406 g/mol. The Hall–Kier alpha value is -1.85. The highest BCUT2D eigenvalue weighted by Crippen LogP contribution is 2.33. The van der Waals surface area contributed by atoms with Gasteiger partial charge in [-0.05, 0) is 61.4 Å². The largest absolute Gasteiger partial charge is 0.451 e. The van der Waals surface area contributed by atoms with Crippen LogP contribution in [-0.4, -0.2) is 18.5 Å². The van der Waals surface area contributed by atoms with E-state index >= 15 is 0 Å². The van der Waals surface area contributed by atoms with Crippen molar-refractivity contribution in [1.29, 1.82) is 0 Å². The Balaban J connectivity index is 1.52. The molecule has 1 aliphatic carbocycles. The van der Waals surface area contributed by atoms with Crippen LogP contribution in [0.25, 0.3) is 0 Å². The normalized spacial score (nSPS) is 17.1. The lowest BCUT2D eigenvalue weighted by atomic mass is 9.87. The van der Waals surface area contributed by atoms with Crippen LogP contribution in [0.4, 0.5) is 0 Å². The van der Waals surface area contributed by atoms with Crippen LogP contribution in [0.1, 0.15) is 58.4 Å². The monoisotopic (exact) mass is 405 g/mol. The molecule has 0 saturated carbocycles. The van der Waals surface area contributed by atoms with Gasteiger partial charge in [0.25, 0.3) is 5.91 Å². The van der Waals surface area contributed by atoms with Crippen molar-refractivity contribution in [2.75, 3.05) is 6.61 Å². The van der Waals surface area contributed by atoms with Gasteiger partial charge in [-0.15, -0.1) is 11.3 Å². The number of hydrogen-bond acceptors (Lipinski definition) is 4. The Morgan fingerprint density at radius 2 is 2.19 bits per heavy atom. The van der Waals surface area contributed by atoms with E-state index < -0.39 is 5.97 Å². The maximum atomic E-state index is 12.3. The summed E-state index contributed by atoms with van der Waals surface area (Å²) in [4.78, 5) is 26.3. The predicted molar refractivity (Wildman–Crippen MR) is 108 cm³/mol. The summed E-state index contributed by atoms with van der Waals surface area (Å²) in [6, 6.07) is 9.04. The second-order valence-electron chi connectivity index (χ2n) is 7.00. The van der Waals surface area contributed by atoms with Crippen LogP contribution in [0, 0.1) is 5.92 Å². The zero-order valence-electron chi connectivity index (χ0n) is 15.6. The van der Waals surface area contributed by atoms with E-state index in [9.17, 15) is 9.59 Å². The second kappa shape index (κ2) is 8.89. The fourth-order valence-corrected chi connectivity index (χ4v) is 4.69. The minimum Gasteiger partial charge on any atom is -0.451 e. The van der Waals surface area contributed by atoms with Gasteiger partial charge in [0.1, 0.15) is 4.88 Å². The molecule has 2 atom stereocenters. The molecular formula is C21H24ClNO3S. The Morgan fingerprint density at radius 3 is 2.93 bits per heavy atom. The zero-order valence-corrected chi connectivity index (χ0v) is 17.2. The summed E-state index contributed by atoms with van der Waals surface area (Å²) in [5.74, 6) is -0.0501. The summed E-state index contributed by atoms with van der Waals surface area (Å²) in [6.07, 6.45) is 4.42. The van der Waals surface area contributed by atoms with Gasteiger partial charge in [-0.3, -0.25) is 4.79 Å². The van der Waals surface area contributed by atoms with Crippen LogP contribution in [-0.2, 0) is 22.4 Å². The Labute approximate surface area is 168 Å². The lowest BCUT2D eigenvalue weighted by Crippen LogP contribution is -2.31. The van der Waals surface area contributed by atoms with Gasteiger partial charge in [0, 0.05) is 9.90 Å². The third kappa shape index (κ3) is 5.11. The lowest BCUT2D eigenvalue weighted by molar-refractivity contribution is -0.124. The van der Waals surface area contributed by atoms with Gasteiger partial charge >= 0.3 is 5.97 Å². The molecule has 4 nitrogen and oxygen atoms in total. The van der Waals surface area contributed by atoms with Crippen LogP contribution in [0.3, 0.4) is 0 Å². The number of rotatable bonds is 6. The first kappa shape index (κ1) is 19.9. The molecule has 0 spiro atoms. The Kier molecular flexibility index (Phi) is 6.55. The van der Waals surface area contributed by atoms with Gasteiger partial charge in [-0.25, -0.2) is 4.79 Å². The summed E-state index contributed by atoms with van der Waals surface area (Å²) in [6.45, 7) is 3.78. The van der Waals surface area contributed by atoms with E-state index in [-0.39, 0.29) is 18.6 Å². The highest BCUT2D eigenvalue weighted by atomic mass is 35.5. The smallest absolute Gasteiger partial charge is 0.348 e. The number of fused-ring (bicyclic) bond motifs is 1. The standard InChI is InChI=1S/C21H24ClNO3S/c1-3-14-7-8-18-16(9-14)11-19(27-18)21(25)26-12-20(24)23-13(2)15-5-4-6-17(22)10-15/h4-6,10-11,13-14H,3,7-9,12H2,1-2H3,(H,23,24)/t13-,14-/m0/s1. The van der Waals surface area contributed by atoms with E-state index in [4.69, 9.17) is 16.3 Å². The number of thiophene rings is 1. The van der Waals surface area contributed by atoms with Crippen molar-refractivity contribution in [3.8, 4) is 0 Å². The van der Waals surface area contributed by atoms with Crippen molar-refractivity contribution in [3.63, 3.8) is 0 Å². The lowest BCUT2D eigenvalue weighted by Gasteiger charge is -2.19. The number of halogens is 1. The zero-order chi connectivity index (χ0) is 19.4. The molecule has 0 unspecified atom stereocenters. The van der Waals surface area contributed by atoms with Gasteiger partial charge in [-0.2, -0.15) is 0 Å². The summed E-state index contributed by atoms with van der Waals surface area (Å²) in [5.41, 5.74) is 2.17. The van der Waals surface area contributed by atoms with E-state index in [0.29, 0.717) is 15.8 Å². The number of esters is 1. The third-order valence-corrected chi connectivity index (χ3v) is 6.48. The third-order valence-electron chi connectivity index (χ3n) is 5.02. The molecule has 27 heavy (non-hydrogen) atoms. The Bertz CT molecular complexity index is 833. The Morgan fingerprint density at radius 1 is 1.37 bits per heavy atom. The topological polar surface area (TPSA) is 55.4 Å². The molecule has 1 N–H and O–H groups in total. The number of amides is 1. The number of ether oxygens (including phenoxy) is 1. The molecule has 144 valence electrons. The maximum absolute atomic E-state index is 12.3. The average Bonchev–Trinajstić information content (AvgIpc) is 3.09. The van der Waals surface area contributed by atoms with E-state index in [2.05, 4.69) is 12.2 Å². The fourth-order valence-electron chi connectivity index (χ4n) is 3.39. The number of carbonyl (C=O) groups excluding carboxylic acids is 2. The van der Waals surface area contributed by atoms with Gasteiger partial charge < -0.3 is 10.1 Å².